The Labute approximate surface area is 111 Å². The van der Waals surface area contributed by atoms with Crippen molar-refractivity contribution in [3.63, 3.8) is 0 Å². The molecule has 102 valence electrons. The predicted octanol–water partition coefficient (Wildman–Crippen LogP) is 1.95. The molecule has 18 heavy (non-hydrogen) atoms. The van der Waals surface area contributed by atoms with Gasteiger partial charge in [-0.2, -0.15) is 0 Å². The van der Waals surface area contributed by atoms with Crippen LogP contribution in [0.1, 0.15) is 25.3 Å². The summed E-state index contributed by atoms with van der Waals surface area (Å²) in [7, 11) is 1.61. The van der Waals surface area contributed by atoms with E-state index in [0.717, 1.165) is 11.4 Å². The van der Waals surface area contributed by atoms with Gasteiger partial charge in [-0.3, -0.25) is 0 Å². The van der Waals surface area contributed by atoms with Gasteiger partial charge in [0.25, 0.3) is 0 Å². The lowest BCUT2D eigenvalue weighted by atomic mass is 10.0. The predicted molar refractivity (Wildman–Crippen MR) is 80.6 cm³/mol. The molecule has 0 saturated heterocycles. The van der Waals surface area contributed by atoms with Gasteiger partial charge in [0.2, 0.25) is 0 Å². The van der Waals surface area contributed by atoms with Crippen molar-refractivity contribution in [1.29, 1.82) is 0 Å². The molecule has 0 saturated carbocycles. The van der Waals surface area contributed by atoms with Crippen LogP contribution in [0.2, 0.25) is 0 Å². The van der Waals surface area contributed by atoms with Crippen LogP contribution in [-0.2, 0) is 9.71 Å². The highest BCUT2D eigenvalue weighted by Crippen LogP contribution is 2.17. The van der Waals surface area contributed by atoms with Crippen molar-refractivity contribution < 1.29 is 4.21 Å². The highest BCUT2D eigenvalue weighted by atomic mass is 32.2. The Balaban J connectivity index is 2.73. The van der Waals surface area contributed by atoms with Crippen LogP contribution in [0.4, 0.5) is 0 Å². The van der Waals surface area contributed by atoms with Crippen LogP contribution in [-0.4, -0.2) is 42.2 Å². The van der Waals surface area contributed by atoms with Crippen LogP contribution in [0.25, 0.3) is 0 Å². The van der Waals surface area contributed by atoms with E-state index in [1.54, 1.807) is 0 Å². The lowest BCUT2D eigenvalue weighted by molar-refractivity contribution is 0.414. The first-order valence-electron chi connectivity index (χ1n) is 6.19. The van der Waals surface area contributed by atoms with Crippen molar-refractivity contribution in [3.05, 3.63) is 29.8 Å². The second-order valence-electron chi connectivity index (χ2n) is 5.10. The van der Waals surface area contributed by atoms with Crippen LogP contribution >= 0.6 is 0 Å². The van der Waals surface area contributed by atoms with Gasteiger partial charge in [-0.1, -0.05) is 26.0 Å². The fourth-order valence-corrected chi connectivity index (χ4v) is 2.75. The second-order valence-corrected chi connectivity index (χ2v) is 7.21. The number of hydrogen-bond donors (Lipinski definition) is 1. The highest BCUT2D eigenvalue weighted by molar-refractivity contribution is 7.98. The Hall–Kier alpha value is -0.840. The van der Waals surface area contributed by atoms with Gasteiger partial charge < -0.3 is 4.90 Å². The first kappa shape index (κ1) is 15.2. The minimum Gasteiger partial charge on any atom is -0.308 e. The largest absolute Gasteiger partial charge is 0.308 e. The molecule has 0 fully saturated rings. The fourth-order valence-electron chi connectivity index (χ4n) is 1.59. The summed E-state index contributed by atoms with van der Waals surface area (Å²) in [5.74, 6) is 4.30. The van der Waals surface area contributed by atoms with Crippen LogP contribution in [0.3, 0.4) is 0 Å². The zero-order chi connectivity index (χ0) is 13.8. The maximum Gasteiger partial charge on any atom is 0.0533 e. The molecule has 0 heterocycles. The van der Waals surface area contributed by atoms with E-state index in [2.05, 4.69) is 24.4 Å². The van der Waals surface area contributed by atoms with Gasteiger partial charge in [-0.15, -0.1) is 0 Å². The molecule has 0 spiro atoms. The summed E-state index contributed by atoms with van der Waals surface area (Å²) in [6.45, 7) is 5.80. The molecule has 1 N–H and O–H groups in total. The standard InChI is InChI=1S/C14H24N2OS/c1-12(2)13-6-8-14(9-7-13)18(5,17)15-10-11-16(3)4/h6-9,12H,5,10-11H2,1-4H3,(H,15,17). The van der Waals surface area contributed by atoms with E-state index in [9.17, 15) is 4.21 Å². The molecule has 1 atom stereocenters. The van der Waals surface area contributed by atoms with E-state index in [-0.39, 0.29) is 0 Å². The highest BCUT2D eigenvalue weighted by Gasteiger charge is 2.07. The number of hydrogen-bond acceptors (Lipinski definition) is 2. The molecule has 0 radical (unpaired) electrons. The third kappa shape index (κ3) is 4.44. The lowest BCUT2D eigenvalue weighted by Gasteiger charge is -2.15. The lowest BCUT2D eigenvalue weighted by Crippen LogP contribution is -2.31. The number of nitrogens with one attached hydrogen (secondary N) is 1. The molecule has 0 aliphatic heterocycles. The molecule has 0 aromatic heterocycles. The van der Waals surface area contributed by atoms with Crippen LogP contribution < -0.4 is 4.72 Å². The van der Waals surface area contributed by atoms with Gasteiger partial charge in [-0.05, 0) is 43.6 Å². The van der Waals surface area contributed by atoms with E-state index < -0.39 is 9.71 Å². The average molecular weight is 268 g/mol. The van der Waals surface area contributed by atoms with E-state index in [4.69, 9.17) is 0 Å². The first-order chi connectivity index (χ1) is 8.33. The third-order valence-electron chi connectivity index (χ3n) is 2.82. The van der Waals surface area contributed by atoms with Crippen molar-refractivity contribution in [1.82, 2.24) is 9.62 Å². The SMILES string of the molecule is C=S(=O)(NCCN(C)C)c1ccc(C(C)C)cc1. The fraction of sp³-hybridized carbons (Fsp3) is 0.500. The molecule has 1 rings (SSSR count). The van der Waals surface area contributed by atoms with Crippen molar-refractivity contribution >= 4 is 15.6 Å². The summed E-state index contributed by atoms with van der Waals surface area (Å²) >= 11 is 0. The molecule has 0 aliphatic carbocycles. The van der Waals surface area contributed by atoms with Crippen molar-refractivity contribution in [2.24, 2.45) is 0 Å². The van der Waals surface area contributed by atoms with E-state index in [1.807, 2.05) is 43.3 Å². The summed E-state index contributed by atoms with van der Waals surface area (Å²) in [5, 5.41) is 0. The Morgan fingerprint density at radius 3 is 2.28 bits per heavy atom. The zero-order valence-electron chi connectivity index (χ0n) is 11.8. The maximum atomic E-state index is 12.4. The topological polar surface area (TPSA) is 32.3 Å². The molecular weight excluding hydrogens is 244 g/mol. The summed E-state index contributed by atoms with van der Waals surface area (Å²) in [6.07, 6.45) is 0. The van der Waals surface area contributed by atoms with E-state index in [0.29, 0.717) is 12.5 Å². The molecule has 0 amide bonds. The quantitative estimate of drug-likeness (QED) is 0.800. The van der Waals surface area contributed by atoms with Gasteiger partial charge in [-0.25, -0.2) is 8.93 Å². The number of likely N-dealkylation sites (N-methyl/N-ethyl adjacent to an activating group) is 1. The zero-order valence-corrected chi connectivity index (χ0v) is 12.6. The monoisotopic (exact) mass is 268 g/mol. The number of rotatable bonds is 6. The summed E-state index contributed by atoms with van der Waals surface area (Å²) < 4.78 is 15.4. The van der Waals surface area contributed by atoms with Crippen LogP contribution in [0.15, 0.2) is 29.2 Å². The first-order valence-corrected chi connectivity index (χ1v) is 7.92. The molecule has 1 unspecified atom stereocenters. The Morgan fingerprint density at radius 1 is 1.28 bits per heavy atom. The molecule has 1 aromatic rings. The van der Waals surface area contributed by atoms with Gasteiger partial charge in [0, 0.05) is 18.0 Å². The minimum absolute atomic E-state index is 0.488. The minimum atomic E-state index is -2.38. The van der Waals surface area contributed by atoms with Crippen LogP contribution in [0.5, 0.6) is 0 Å². The molecule has 0 aliphatic rings. The summed E-state index contributed by atoms with van der Waals surface area (Å²) in [5.41, 5.74) is 1.25. The average Bonchev–Trinajstić information content (AvgIpc) is 2.28. The summed E-state index contributed by atoms with van der Waals surface area (Å²) in [4.78, 5) is 2.82. The molecular formula is C14H24N2OS. The summed E-state index contributed by atoms with van der Waals surface area (Å²) in [6, 6.07) is 7.87. The maximum absolute atomic E-state index is 12.4. The Kier molecular flexibility index (Phi) is 5.38. The normalized spacial score (nSPS) is 15.0. The van der Waals surface area contributed by atoms with Gasteiger partial charge in [0.05, 0.1) is 9.71 Å². The van der Waals surface area contributed by atoms with Crippen molar-refractivity contribution in [2.45, 2.75) is 24.7 Å². The van der Waals surface area contributed by atoms with Gasteiger partial charge in [0.15, 0.2) is 0 Å². The van der Waals surface area contributed by atoms with Crippen molar-refractivity contribution in [2.75, 3.05) is 27.2 Å². The van der Waals surface area contributed by atoms with Gasteiger partial charge in [0.1, 0.15) is 0 Å². The van der Waals surface area contributed by atoms with Crippen LogP contribution in [0, 0.1) is 0 Å². The van der Waals surface area contributed by atoms with E-state index >= 15 is 0 Å². The number of benzene rings is 1. The Morgan fingerprint density at radius 2 is 1.83 bits per heavy atom. The molecule has 3 nitrogen and oxygen atoms in total. The molecule has 1 aromatic carbocycles. The molecule has 4 heteroatoms. The van der Waals surface area contributed by atoms with E-state index in [1.165, 1.54) is 5.56 Å². The second kappa shape index (κ2) is 6.36. The molecule has 0 bridgehead atoms. The van der Waals surface area contributed by atoms with Gasteiger partial charge >= 0.3 is 0 Å². The Bertz CT molecular complexity index is 461. The van der Waals surface area contributed by atoms with Crippen molar-refractivity contribution in [3.8, 4) is 0 Å². The number of nitrogens with zero attached hydrogens (tertiary/aromatic N) is 1. The third-order valence-corrected chi connectivity index (χ3v) is 4.53. The smallest absolute Gasteiger partial charge is 0.0533 e.